The molecule has 1 aromatic carbocycles. The van der Waals surface area contributed by atoms with Crippen molar-refractivity contribution in [2.24, 2.45) is 0 Å². The van der Waals surface area contributed by atoms with Crippen molar-refractivity contribution in [2.45, 2.75) is 25.1 Å². The van der Waals surface area contributed by atoms with Crippen LogP contribution in [-0.2, 0) is 17.0 Å². The largest absolute Gasteiger partial charge is 0.493 e. The van der Waals surface area contributed by atoms with Crippen molar-refractivity contribution in [1.29, 1.82) is 0 Å². The van der Waals surface area contributed by atoms with E-state index in [9.17, 15) is 23.1 Å². The lowest BCUT2D eigenvalue weighted by molar-refractivity contribution is -0.134. The van der Waals surface area contributed by atoms with Crippen LogP contribution >= 0.6 is 0 Å². The summed E-state index contributed by atoms with van der Waals surface area (Å²) >= 11 is 0. The zero-order valence-electron chi connectivity index (χ0n) is 13.5. The number of halogens is 4. The van der Waals surface area contributed by atoms with Gasteiger partial charge in [0.05, 0.1) is 5.56 Å². The number of pyridine rings is 1. The Morgan fingerprint density at radius 3 is 2.58 bits per heavy atom. The number of nitrogens with one attached hydrogen (secondary N) is 1. The summed E-state index contributed by atoms with van der Waals surface area (Å²) in [5.41, 5.74) is -3.55. The molecule has 0 saturated heterocycles. The molecule has 1 amide bonds. The van der Waals surface area contributed by atoms with Gasteiger partial charge >= 0.3 is 0 Å². The van der Waals surface area contributed by atoms with Gasteiger partial charge in [-0.25, -0.2) is 22.5 Å². The highest BCUT2D eigenvalue weighted by Crippen LogP contribution is 2.36. The summed E-state index contributed by atoms with van der Waals surface area (Å²) in [6, 6.07) is 4.06. The van der Waals surface area contributed by atoms with Crippen molar-refractivity contribution in [3.63, 3.8) is 0 Å². The highest BCUT2D eigenvalue weighted by Gasteiger charge is 2.42. The molecule has 0 unspecified atom stereocenters. The van der Waals surface area contributed by atoms with E-state index in [-0.39, 0.29) is 12.0 Å². The van der Waals surface area contributed by atoms with Crippen molar-refractivity contribution < 1.29 is 32.6 Å². The molecular weight excluding hydrogens is 356 g/mol. The van der Waals surface area contributed by atoms with Crippen molar-refractivity contribution >= 4 is 5.91 Å². The van der Waals surface area contributed by atoms with Gasteiger partial charge in [-0.15, -0.1) is 0 Å². The zero-order valence-corrected chi connectivity index (χ0v) is 13.5. The second-order valence-electron chi connectivity index (χ2n) is 5.52. The van der Waals surface area contributed by atoms with Crippen molar-refractivity contribution in [3.8, 4) is 5.88 Å². The van der Waals surface area contributed by atoms with Crippen LogP contribution in [0.1, 0.15) is 24.0 Å². The number of aromatic hydroxyl groups is 1. The van der Waals surface area contributed by atoms with Crippen LogP contribution in [0.15, 0.2) is 30.5 Å². The van der Waals surface area contributed by atoms with Crippen molar-refractivity contribution in [2.75, 3.05) is 6.61 Å². The molecule has 2 rings (SSSR count). The minimum atomic E-state index is -2.75. The van der Waals surface area contributed by atoms with E-state index in [1.165, 1.54) is 12.3 Å². The number of aliphatic hydroxyl groups is 1. The summed E-state index contributed by atoms with van der Waals surface area (Å²) in [7, 11) is 0. The van der Waals surface area contributed by atoms with Crippen LogP contribution in [0.5, 0.6) is 5.88 Å². The van der Waals surface area contributed by atoms with Gasteiger partial charge in [-0.2, -0.15) is 0 Å². The molecule has 0 spiro atoms. The topological polar surface area (TPSA) is 82.5 Å². The molecular formula is C17H16F4N2O3. The quantitative estimate of drug-likeness (QED) is 0.515. The minimum absolute atomic E-state index is 0.0994. The second-order valence-corrected chi connectivity index (χ2v) is 5.52. The zero-order chi connectivity index (χ0) is 19.3. The van der Waals surface area contributed by atoms with Crippen LogP contribution in [-0.4, -0.2) is 27.7 Å². The average Bonchev–Trinajstić information content (AvgIpc) is 2.63. The molecule has 0 saturated carbocycles. The van der Waals surface area contributed by atoms with Gasteiger partial charge in [0.15, 0.2) is 17.5 Å². The lowest BCUT2D eigenvalue weighted by Gasteiger charge is -2.25. The number of hydrogen-bond donors (Lipinski definition) is 3. The molecule has 1 heterocycles. The first kappa shape index (κ1) is 19.6. The third kappa shape index (κ3) is 3.93. The van der Waals surface area contributed by atoms with Gasteiger partial charge in [-0.1, -0.05) is 6.07 Å². The molecule has 3 N–H and O–H groups in total. The lowest BCUT2D eigenvalue weighted by Crippen LogP contribution is -2.41. The van der Waals surface area contributed by atoms with Gasteiger partial charge in [0.1, 0.15) is 0 Å². The fraction of sp³-hybridized carbons (Fsp3) is 0.294. The monoisotopic (exact) mass is 372 g/mol. The Morgan fingerprint density at radius 2 is 1.92 bits per heavy atom. The highest BCUT2D eigenvalue weighted by atomic mass is 19.2. The fourth-order valence-electron chi connectivity index (χ4n) is 2.42. The molecule has 2 aromatic rings. The third-order valence-corrected chi connectivity index (χ3v) is 3.81. The molecule has 0 aliphatic rings. The van der Waals surface area contributed by atoms with Crippen LogP contribution in [0, 0.1) is 17.5 Å². The molecule has 5 nitrogen and oxygen atoms in total. The maximum atomic E-state index is 15.4. The molecule has 1 atom stereocenters. The minimum Gasteiger partial charge on any atom is -0.493 e. The molecule has 0 bridgehead atoms. The van der Waals surface area contributed by atoms with Gasteiger partial charge in [0, 0.05) is 24.9 Å². The van der Waals surface area contributed by atoms with Gasteiger partial charge in [0.25, 0.3) is 5.91 Å². The van der Waals surface area contributed by atoms with Crippen molar-refractivity contribution in [3.05, 3.63) is 59.0 Å². The predicted octanol–water partition coefficient (Wildman–Crippen LogP) is 2.46. The van der Waals surface area contributed by atoms with Gasteiger partial charge in [-0.3, -0.25) is 4.79 Å². The number of benzene rings is 1. The summed E-state index contributed by atoms with van der Waals surface area (Å²) in [6.07, 6.45) is 0.618. The molecule has 1 aromatic heterocycles. The van der Waals surface area contributed by atoms with Gasteiger partial charge in [-0.05, 0) is 31.0 Å². The van der Waals surface area contributed by atoms with Crippen LogP contribution in [0.2, 0.25) is 0 Å². The molecule has 0 fully saturated rings. The Bertz CT molecular complexity index is 804. The van der Waals surface area contributed by atoms with E-state index in [1.54, 1.807) is 0 Å². The maximum absolute atomic E-state index is 15.4. The lowest BCUT2D eigenvalue weighted by atomic mass is 9.90. The van der Waals surface area contributed by atoms with E-state index in [2.05, 4.69) is 10.3 Å². The Morgan fingerprint density at radius 1 is 1.19 bits per heavy atom. The van der Waals surface area contributed by atoms with Crippen molar-refractivity contribution in [1.82, 2.24) is 10.3 Å². The number of rotatable bonds is 7. The Balaban J connectivity index is 2.25. The summed E-state index contributed by atoms with van der Waals surface area (Å²) in [6.45, 7) is -1.01. The molecule has 140 valence electrons. The van der Waals surface area contributed by atoms with Gasteiger partial charge in [0.2, 0.25) is 11.5 Å². The van der Waals surface area contributed by atoms with Crippen LogP contribution in [0.4, 0.5) is 17.6 Å². The van der Waals surface area contributed by atoms with E-state index in [0.717, 1.165) is 12.1 Å². The van der Waals surface area contributed by atoms with E-state index < -0.39 is 60.0 Å². The first-order valence-electron chi connectivity index (χ1n) is 7.66. The number of carbonyl (C=O) groups is 1. The maximum Gasteiger partial charge on any atom is 0.262 e. The number of aliphatic hydroxyl groups excluding tert-OH is 1. The number of amides is 1. The van der Waals surface area contributed by atoms with Crippen LogP contribution < -0.4 is 5.32 Å². The smallest absolute Gasteiger partial charge is 0.262 e. The van der Waals surface area contributed by atoms with E-state index in [0.29, 0.717) is 6.07 Å². The molecule has 0 aliphatic carbocycles. The second kappa shape index (κ2) is 8.13. The Kier molecular flexibility index (Phi) is 6.14. The van der Waals surface area contributed by atoms with E-state index >= 15 is 4.39 Å². The molecule has 0 aliphatic heterocycles. The SMILES string of the molecule is O=C(NCc1ccc(F)c(F)c1F)[C@](F)(CCCO)c1cccnc1O. The first-order valence-corrected chi connectivity index (χ1v) is 7.66. The Labute approximate surface area is 146 Å². The average molecular weight is 372 g/mol. The van der Waals surface area contributed by atoms with E-state index in [1.807, 2.05) is 0 Å². The fourth-order valence-corrected chi connectivity index (χ4v) is 2.42. The summed E-state index contributed by atoms with van der Waals surface area (Å²) in [5.74, 6) is -6.52. The predicted molar refractivity (Wildman–Crippen MR) is 83.2 cm³/mol. The summed E-state index contributed by atoms with van der Waals surface area (Å²) in [4.78, 5) is 15.9. The number of aromatic nitrogens is 1. The number of carbonyl (C=O) groups excluding carboxylic acids is 1. The number of nitrogens with zero attached hydrogens (tertiary/aromatic N) is 1. The third-order valence-electron chi connectivity index (χ3n) is 3.81. The van der Waals surface area contributed by atoms with Crippen LogP contribution in [0.3, 0.4) is 0 Å². The normalized spacial score (nSPS) is 13.3. The number of alkyl halides is 1. The number of hydrogen-bond acceptors (Lipinski definition) is 4. The van der Waals surface area contributed by atoms with Gasteiger partial charge < -0.3 is 15.5 Å². The standard InChI is InChI=1S/C17H16F4N2O3/c18-12-5-4-10(13(19)14(12)20)9-23-16(26)17(21,6-2-8-24)11-3-1-7-22-15(11)25/h1,3-5,7,24H,2,6,8-9H2,(H,22,25)(H,23,26)/t17-/m0/s1. The molecule has 9 heteroatoms. The highest BCUT2D eigenvalue weighted by molar-refractivity contribution is 5.87. The van der Waals surface area contributed by atoms with Crippen LogP contribution in [0.25, 0.3) is 0 Å². The molecule has 26 heavy (non-hydrogen) atoms. The first-order chi connectivity index (χ1) is 12.3. The molecule has 0 radical (unpaired) electrons. The Hall–Kier alpha value is -2.68. The summed E-state index contributed by atoms with van der Waals surface area (Å²) < 4.78 is 55.2. The van der Waals surface area contributed by atoms with E-state index in [4.69, 9.17) is 5.11 Å². The summed E-state index contributed by atoms with van der Waals surface area (Å²) in [5, 5.41) is 20.8.